The number of hydrogen-bond donors (Lipinski definition) is 1. The van der Waals surface area contributed by atoms with Crippen LogP contribution in [-0.4, -0.2) is 6.54 Å². The topological polar surface area (TPSA) is 12.0 Å². The fraction of sp³-hybridized carbons (Fsp3) is 0.375. The minimum absolute atomic E-state index is 0.482. The van der Waals surface area contributed by atoms with Crippen LogP contribution in [0.4, 0.5) is 0 Å². The van der Waals surface area contributed by atoms with Crippen molar-refractivity contribution in [3.05, 3.63) is 56.7 Å². The number of thiophene rings is 1. The Balaban J connectivity index is 1.79. The van der Waals surface area contributed by atoms with Crippen LogP contribution < -0.4 is 5.32 Å². The molecule has 2 aromatic rings. The highest BCUT2D eigenvalue weighted by atomic mass is 79.9. The van der Waals surface area contributed by atoms with E-state index in [1.807, 2.05) is 0 Å². The van der Waals surface area contributed by atoms with Gasteiger partial charge in [0.1, 0.15) is 0 Å². The molecule has 0 bridgehead atoms. The number of benzene rings is 1. The van der Waals surface area contributed by atoms with E-state index in [1.165, 1.54) is 22.0 Å². The number of rotatable bonds is 5. The molecular formula is C16H18BrNS. The standard InChI is InChI=1S/C16H18BrNS/c1-2-18-16(14-9-19-10-15(14)17)13-8-12(13)11-6-4-3-5-7-11/h3-7,9-10,12-13,16,18H,2,8H2,1H3. The largest absolute Gasteiger partial charge is 0.310 e. The molecule has 0 radical (unpaired) electrons. The average Bonchev–Trinajstić information content (AvgIpc) is 3.12. The Morgan fingerprint density at radius 2 is 2.11 bits per heavy atom. The van der Waals surface area contributed by atoms with Crippen LogP contribution in [0.15, 0.2) is 45.6 Å². The van der Waals surface area contributed by atoms with Gasteiger partial charge in [0.05, 0.1) is 0 Å². The molecule has 1 heterocycles. The molecule has 3 rings (SSSR count). The van der Waals surface area contributed by atoms with Gasteiger partial charge in [-0.15, -0.1) is 0 Å². The molecule has 0 spiro atoms. The normalized spacial score (nSPS) is 23.3. The van der Waals surface area contributed by atoms with Crippen molar-refractivity contribution in [2.75, 3.05) is 6.54 Å². The third kappa shape index (κ3) is 2.78. The van der Waals surface area contributed by atoms with Crippen LogP contribution in [-0.2, 0) is 0 Å². The molecule has 0 amide bonds. The van der Waals surface area contributed by atoms with E-state index in [9.17, 15) is 0 Å². The molecule has 3 heteroatoms. The summed E-state index contributed by atoms with van der Waals surface area (Å²) in [6.07, 6.45) is 1.30. The second kappa shape index (κ2) is 5.78. The quantitative estimate of drug-likeness (QED) is 0.813. The first kappa shape index (κ1) is 13.3. The van der Waals surface area contributed by atoms with Crippen molar-refractivity contribution in [1.29, 1.82) is 0 Å². The Kier molecular flexibility index (Phi) is 4.06. The SMILES string of the molecule is CCNC(c1cscc1Br)C1CC1c1ccccc1. The van der Waals surface area contributed by atoms with E-state index >= 15 is 0 Å². The molecule has 1 N–H and O–H groups in total. The van der Waals surface area contributed by atoms with Crippen LogP contribution in [0, 0.1) is 5.92 Å². The van der Waals surface area contributed by atoms with Crippen molar-refractivity contribution in [3.8, 4) is 0 Å². The van der Waals surface area contributed by atoms with E-state index in [0.29, 0.717) is 6.04 Å². The van der Waals surface area contributed by atoms with Crippen LogP contribution in [0.5, 0.6) is 0 Å². The van der Waals surface area contributed by atoms with Gasteiger partial charge in [-0.1, -0.05) is 37.3 Å². The van der Waals surface area contributed by atoms with E-state index in [2.05, 4.69) is 69.3 Å². The van der Waals surface area contributed by atoms with Gasteiger partial charge in [0.2, 0.25) is 0 Å². The first-order valence-electron chi connectivity index (χ1n) is 6.81. The Hall–Kier alpha value is -0.640. The summed E-state index contributed by atoms with van der Waals surface area (Å²) in [5.74, 6) is 1.45. The number of hydrogen-bond acceptors (Lipinski definition) is 2. The third-order valence-electron chi connectivity index (χ3n) is 3.90. The lowest BCUT2D eigenvalue weighted by Gasteiger charge is -2.18. The molecule has 3 atom stereocenters. The first-order valence-corrected chi connectivity index (χ1v) is 8.54. The third-order valence-corrected chi connectivity index (χ3v) is 5.65. The fourth-order valence-corrected chi connectivity index (χ4v) is 4.47. The number of halogens is 1. The van der Waals surface area contributed by atoms with Gasteiger partial charge >= 0.3 is 0 Å². The molecule has 1 aromatic carbocycles. The summed E-state index contributed by atoms with van der Waals surface area (Å²) in [4.78, 5) is 0. The minimum Gasteiger partial charge on any atom is -0.310 e. The molecule has 3 unspecified atom stereocenters. The van der Waals surface area contributed by atoms with Gasteiger partial charge in [0, 0.05) is 15.9 Å². The molecule has 1 nitrogen and oxygen atoms in total. The summed E-state index contributed by atoms with van der Waals surface area (Å²) in [5.41, 5.74) is 2.91. The van der Waals surface area contributed by atoms with Gasteiger partial charge in [-0.05, 0) is 57.2 Å². The molecule has 0 aliphatic heterocycles. The maximum atomic E-state index is 3.68. The van der Waals surface area contributed by atoms with E-state index in [0.717, 1.165) is 18.4 Å². The lowest BCUT2D eigenvalue weighted by molar-refractivity contribution is 0.487. The van der Waals surface area contributed by atoms with Crippen LogP contribution in [0.3, 0.4) is 0 Å². The van der Waals surface area contributed by atoms with Crippen molar-refractivity contribution < 1.29 is 0 Å². The molecule has 1 aliphatic rings. The maximum absolute atomic E-state index is 3.68. The summed E-state index contributed by atoms with van der Waals surface area (Å²) in [6, 6.07) is 11.4. The van der Waals surface area contributed by atoms with Crippen LogP contribution >= 0.6 is 27.3 Å². The second-order valence-corrected chi connectivity index (χ2v) is 6.73. The molecule has 0 saturated heterocycles. The lowest BCUT2D eigenvalue weighted by atomic mass is 10.0. The van der Waals surface area contributed by atoms with Gasteiger partial charge in [-0.3, -0.25) is 0 Å². The molecule has 1 aliphatic carbocycles. The fourth-order valence-electron chi connectivity index (χ4n) is 2.89. The summed E-state index contributed by atoms with van der Waals surface area (Å²) >= 11 is 5.46. The van der Waals surface area contributed by atoms with Crippen LogP contribution in [0.2, 0.25) is 0 Å². The Labute approximate surface area is 127 Å². The predicted octanol–water partition coefficient (Wildman–Crippen LogP) is 4.96. The molecule has 100 valence electrons. The minimum atomic E-state index is 0.482. The van der Waals surface area contributed by atoms with Gasteiger partial charge in [-0.25, -0.2) is 0 Å². The highest BCUT2D eigenvalue weighted by Crippen LogP contribution is 2.55. The molecule has 1 fully saturated rings. The van der Waals surface area contributed by atoms with Gasteiger partial charge in [0.15, 0.2) is 0 Å². The van der Waals surface area contributed by atoms with Gasteiger partial charge in [0.25, 0.3) is 0 Å². The van der Waals surface area contributed by atoms with Crippen LogP contribution in [0.1, 0.15) is 36.4 Å². The Bertz CT molecular complexity index is 537. The first-order chi connectivity index (χ1) is 9.31. The summed E-state index contributed by atoms with van der Waals surface area (Å²) < 4.78 is 1.25. The Morgan fingerprint density at radius 3 is 2.74 bits per heavy atom. The monoisotopic (exact) mass is 335 g/mol. The average molecular weight is 336 g/mol. The smallest absolute Gasteiger partial charge is 0.0374 e. The highest BCUT2D eigenvalue weighted by molar-refractivity contribution is 9.10. The zero-order valence-corrected chi connectivity index (χ0v) is 13.4. The summed E-state index contributed by atoms with van der Waals surface area (Å²) in [6.45, 7) is 3.21. The molecule has 1 aromatic heterocycles. The van der Waals surface area contributed by atoms with Crippen molar-refractivity contribution >= 4 is 27.3 Å². The maximum Gasteiger partial charge on any atom is 0.0374 e. The Morgan fingerprint density at radius 1 is 1.32 bits per heavy atom. The van der Waals surface area contributed by atoms with E-state index < -0.39 is 0 Å². The van der Waals surface area contributed by atoms with E-state index in [4.69, 9.17) is 0 Å². The molecular weight excluding hydrogens is 318 g/mol. The van der Waals surface area contributed by atoms with Gasteiger partial charge < -0.3 is 5.32 Å². The van der Waals surface area contributed by atoms with Crippen LogP contribution in [0.25, 0.3) is 0 Å². The van der Waals surface area contributed by atoms with Crippen molar-refractivity contribution in [3.63, 3.8) is 0 Å². The summed E-state index contributed by atoms with van der Waals surface area (Å²) in [5, 5.41) is 8.12. The zero-order chi connectivity index (χ0) is 13.2. The lowest BCUT2D eigenvalue weighted by Crippen LogP contribution is -2.23. The second-order valence-electron chi connectivity index (χ2n) is 5.13. The van der Waals surface area contributed by atoms with E-state index in [-0.39, 0.29) is 0 Å². The van der Waals surface area contributed by atoms with Crippen molar-refractivity contribution in [1.82, 2.24) is 5.32 Å². The number of nitrogens with one attached hydrogen (secondary N) is 1. The zero-order valence-electron chi connectivity index (χ0n) is 11.0. The highest BCUT2D eigenvalue weighted by Gasteiger charge is 2.44. The summed E-state index contributed by atoms with van der Waals surface area (Å²) in [7, 11) is 0. The van der Waals surface area contributed by atoms with Gasteiger partial charge in [-0.2, -0.15) is 11.3 Å². The molecule has 1 saturated carbocycles. The molecule has 19 heavy (non-hydrogen) atoms. The predicted molar refractivity (Wildman–Crippen MR) is 85.7 cm³/mol. The van der Waals surface area contributed by atoms with Crippen molar-refractivity contribution in [2.45, 2.75) is 25.3 Å². The van der Waals surface area contributed by atoms with Crippen molar-refractivity contribution in [2.24, 2.45) is 5.92 Å². The van der Waals surface area contributed by atoms with E-state index in [1.54, 1.807) is 11.3 Å².